The Balaban J connectivity index is 1.94. The summed E-state index contributed by atoms with van der Waals surface area (Å²) in [4.78, 5) is 38.4. The molecule has 0 aliphatic rings. The van der Waals surface area contributed by atoms with Gasteiger partial charge in [-0.25, -0.2) is 0 Å². The van der Waals surface area contributed by atoms with E-state index in [0.717, 1.165) is 18.4 Å². The third-order valence-electron chi connectivity index (χ3n) is 5.61. The van der Waals surface area contributed by atoms with Gasteiger partial charge >= 0.3 is 0 Å². The van der Waals surface area contributed by atoms with Crippen molar-refractivity contribution < 1.29 is 9.90 Å². The van der Waals surface area contributed by atoms with Crippen LogP contribution in [0.3, 0.4) is 0 Å². The van der Waals surface area contributed by atoms with Gasteiger partial charge in [-0.05, 0) is 30.0 Å². The van der Waals surface area contributed by atoms with Gasteiger partial charge in [0, 0.05) is 14.1 Å². The number of hydrogen-bond donors (Lipinski definition) is 3. The molecule has 0 aliphatic carbocycles. The maximum absolute atomic E-state index is 12.4. The molecular weight excluding hydrogens is 406 g/mol. The molecule has 7 heteroatoms. The molecule has 0 aromatic heterocycles. The molecule has 1 unspecified atom stereocenters. The van der Waals surface area contributed by atoms with Crippen LogP contribution in [0.15, 0.2) is 58.1 Å². The van der Waals surface area contributed by atoms with Crippen LogP contribution in [-0.4, -0.2) is 30.0 Å². The van der Waals surface area contributed by atoms with Gasteiger partial charge in [0.1, 0.15) is 11.4 Å². The summed E-state index contributed by atoms with van der Waals surface area (Å²) in [5, 5.41) is 16.7. The van der Waals surface area contributed by atoms with Crippen molar-refractivity contribution in [3.8, 4) is 5.75 Å². The Kier molecular flexibility index (Phi) is 6.98. The molecule has 0 fully saturated rings. The van der Waals surface area contributed by atoms with Crippen molar-refractivity contribution in [2.45, 2.75) is 32.7 Å². The Morgan fingerprint density at radius 2 is 1.66 bits per heavy atom. The molecule has 0 bridgehead atoms. The molecule has 0 saturated carbocycles. The Morgan fingerprint density at radius 3 is 2.28 bits per heavy atom. The van der Waals surface area contributed by atoms with Gasteiger partial charge < -0.3 is 20.6 Å². The predicted molar refractivity (Wildman–Crippen MR) is 128 cm³/mol. The first-order valence-corrected chi connectivity index (χ1v) is 10.7. The number of benzene rings is 2. The Morgan fingerprint density at radius 1 is 1.00 bits per heavy atom. The van der Waals surface area contributed by atoms with E-state index in [0.29, 0.717) is 0 Å². The SMILES string of the molecule is CCCC(C)[C@@H](Nc1c(Nc2cccc(C(=O)N(C)C)c2O)c(=O)c1=O)c1ccccc1. The summed E-state index contributed by atoms with van der Waals surface area (Å²) in [6, 6.07) is 14.3. The maximum Gasteiger partial charge on any atom is 0.257 e. The molecule has 32 heavy (non-hydrogen) atoms. The third-order valence-corrected chi connectivity index (χ3v) is 5.61. The summed E-state index contributed by atoms with van der Waals surface area (Å²) in [5.41, 5.74) is 0.329. The van der Waals surface area contributed by atoms with Crippen LogP contribution < -0.4 is 21.5 Å². The van der Waals surface area contributed by atoms with Crippen molar-refractivity contribution in [1.29, 1.82) is 0 Å². The fourth-order valence-corrected chi connectivity index (χ4v) is 3.83. The zero-order valence-electron chi connectivity index (χ0n) is 18.8. The van der Waals surface area contributed by atoms with Crippen molar-refractivity contribution >= 4 is 23.0 Å². The van der Waals surface area contributed by atoms with Gasteiger partial charge in [0.2, 0.25) is 0 Å². The summed E-state index contributed by atoms with van der Waals surface area (Å²) < 4.78 is 0. The van der Waals surface area contributed by atoms with Gasteiger partial charge in [-0.2, -0.15) is 0 Å². The normalized spacial score (nSPS) is 12.9. The molecule has 0 spiro atoms. The molecule has 2 atom stereocenters. The first-order chi connectivity index (χ1) is 15.3. The predicted octanol–water partition coefficient (Wildman–Crippen LogP) is 4.02. The quantitative estimate of drug-likeness (QED) is 0.347. The van der Waals surface area contributed by atoms with Crippen molar-refractivity contribution in [2.24, 2.45) is 5.92 Å². The van der Waals surface area contributed by atoms with E-state index in [1.54, 1.807) is 26.2 Å². The van der Waals surface area contributed by atoms with Crippen LogP contribution in [0.4, 0.5) is 17.1 Å². The molecular formula is C25H29N3O4. The number of para-hydroxylation sites is 1. The number of amides is 1. The highest BCUT2D eigenvalue weighted by atomic mass is 16.3. The fraction of sp³-hybridized carbons (Fsp3) is 0.320. The van der Waals surface area contributed by atoms with Crippen LogP contribution in [0.1, 0.15) is 48.7 Å². The zero-order valence-corrected chi connectivity index (χ0v) is 18.8. The molecule has 3 rings (SSSR count). The average molecular weight is 436 g/mol. The number of aromatic hydroxyl groups is 1. The molecule has 3 N–H and O–H groups in total. The monoisotopic (exact) mass is 435 g/mol. The second kappa shape index (κ2) is 9.68. The number of nitrogens with one attached hydrogen (secondary N) is 2. The lowest BCUT2D eigenvalue weighted by molar-refractivity contribution is 0.0824. The Bertz CT molecular complexity index is 1160. The van der Waals surface area contributed by atoms with Gasteiger partial charge in [-0.15, -0.1) is 0 Å². The molecule has 0 aliphatic heterocycles. The number of carbonyl (C=O) groups excluding carboxylic acids is 1. The minimum Gasteiger partial charge on any atom is -0.505 e. The van der Waals surface area contributed by atoms with Crippen LogP contribution in [0.25, 0.3) is 0 Å². The lowest BCUT2D eigenvalue weighted by Crippen LogP contribution is -2.38. The smallest absolute Gasteiger partial charge is 0.257 e. The first-order valence-electron chi connectivity index (χ1n) is 10.7. The highest BCUT2D eigenvalue weighted by Crippen LogP contribution is 2.34. The zero-order chi connectivity index (χ0) is 23.4. The second-order valence-corrected chi connectivity index (χ2v) is 8.23. The molecule has 0 radical (unpaired) electrons. The van der Waals surface area contributed by atoms with Crippen LogP contribution in [0.2, 0.25) is 0 Å². The van der Waals surface area contributed by atoms with E-state index < -0.39 is 10.9 Å². The third kappa shape index (κ3) is 4.51. The Hall–Kier alpha value is -3.61. The molecule has 0 saturated heterocycles. The summed E-state index contributed by atoms with van der Waals surface area (Å²) in [6.45, 7) is 4.21. The minimum atomic E-state index is -0.661. The number of anilines is 3. The molecule has 3 aromatic rings. The van der Waals surface area contributed by atoms with Crippen LogP contribution in [-0.2, 0) is 0 Å². The van der Waals surface area contributed by atoms with Gasteiger partial charge in [0.05, 0.1) is 17.3 Å². The lowest BCUT2D eigenvalue weighted by Gasteiger charge is -2.28. The average Bonchev–Trinajstić information content (AvgIpc) is 2.79. The summed E-state index contributed by atoms with van der Waals surface area (Å²) in [6.07, 6.45) is 1.93. The first kappa shape index (κ1) is 23.1. The van der Waals surface area contributed by atoms with E-state index in [2.05, 4.69) is 24.5 Å². The van der Waals surface area contributed by atoms with E-state index in [9.17, 15) is 19.5 Å². The van der Waals surface area contributed by atoms with Crippen LogP contribution >= 0.6 is 0 Å². The molecule has 1 amide bonds. The van der Waals surface area contributed by atoms with Crippen molar-refractivity contribution in [3.63, 3.8) is 0 Å². The Labute approximate surface area is 187 Å². The van der Waals surface area contributed by atoms with Crippen molar-refractivity contribution in [1.82, 2.24) is 4.90 Å². The van der Waals surface area contributed by atoms with E-state index >= 15 is 0 Å². The number of phenols is 1. The summed E-state index contributed by atoms with van der Waals surface area (Å²) in [5.74, 6) is -0.426. The van der Waals surface area contributed by atoms with Crippen LogP contribution in [0.5, 0.6) is 5.75 Å². The molecule has 3 aromatic carbocycles. The van der Waals surface area contributed by atoms with Gasteiger partial charge in [0.25, 0.3) is 16.8 Å². The lowest BCUT2D eigenvalue weighted by atomic mass is 9.90. The number of carbonyl (C=O) groups is 1. The van der Waals surface area contributed by atoms with E-state index in [4.69, 9.17) is 0 Å². The molecule has 168 valence electrons. The van der Waals surface area contributed by atoms with Gasteiger partial charge in [-0.3, -0.25) is 14.4 Å². The topological polar surface area (TPSA) is 98.7 Å². The molecule has 7 nitrogen and oxygen atoms in total. The van der Waals surface area contributed by atoms with E-state index in [-0.39, 0.29) is 46.2 Å². The molecule has 0 heterocycles. The summed E-state index contributed by atoms with van der Waals surface area (Å²) in [7, 11) is 3.17. The second-order valence-electron chi connectivity index (χ2n) is 8.23. The summed E-state index contributed by atoms with van der Waals surface area (Å²) >= 11 is 0. The van der Waals surface area contributed by atoms with E-state index in [1.165, 1.54) is 11.0 Å². The number of phenolic OH excluding ortho intramolecular Hbond substituents is 1. The van der Waals surface area contributed by atoms with Gasteiger partial charge in [-0.1, -0.05) is 56.7 Å². The minimum absolute atomic E-state index is 0.0874. The van der Waals surface area contributed by atoms with Gasteiger partial charge in [0.15, 0.2) is 5.75 Å². The number of hydrogen-bond acceptors (Lipinski definition) is 6. The van der Waals surface area contributed by atoms with E-state index in [1.807, 2.05) is 30.3 Å². The highest BCUT2D eigenvalue weighted by molar-refractivity contribution is 5.99. The van der Waals surface area contributed by atoms with Crippen molar-refractivity contribution in [2.75, 3.05) is 24.7 Å². The standard InChI is InChI=1S/C25H29N3O4/c1-5-10-15(2)19(16-11-7-6-8-12-16)27-21-20(23(30)24(21)31)26-18-14-9-13-17(22(18)29)25(32)28(3)4/h6-9,11-15,19,26-27,29H,5,10H2,1-4H3/t15?,19-/m1/s1. The van der Waals surface area contributed by atoms with Crippen molar-refractivity contribution in [3.05, 3.63) is 80.1 Å². The number of rotatable bonds is 9. The van der Waals surface area contributed by atoms with Crippen LogP contribution in [0, 0.1) is 5.92 Å². The largest absolute Gasteiger partial charge is 0.505 e. The highest BCUT2D eigenvalue weighted by Gasteiger charge is 2.27. The maximum atomic E-state index is 12.4. The number of nitrogens with zero attached hydrogens (tertiary/aromatic N) is 1. The fourth-order valence-electron chi connectivity index (χ4n) is 3.83.